The summed E-state index contributed by atoms with van der Waals surface area (Å²) in [5, 5.41) is 4.23. The molecule has 0 unspecified atom stereocenters. The summed E-state index contributed by atoms with van der Waals surface area (Å²) in [6.07, 6.45) is 9.70. The minimum absolute atomic E-state index is 0.0424. The molecular formula is C24H29N3O3. The molecule has 3 aliphatic heterocycles. The fraction of sp³-hybridized carbons (Fsp3) is 0.500. The van der Waals surface area contributed by atoms with Crippen molar-refractivity contribution in [2.45, 2.75) is 44.3 Å². The Labute approximate surface area is 176 Å². The van der Waals surface area contributed by atoms with Gasteiger partial charge in [-0.1, -0.05) is 50.1 Å². The Morgan fingerprint density at radius 3 is 3.07 bits per heavy atom. The van der Waals surface area contributed by atoms with Gasteiger partial charge in [0.05, 0.1) is 24.5 Å². The van der Waals surface area contributed by atoms with Crippen LogP contribution < -0.4 is 5.32 Å². The van der Waals surface area contributed by atoms with Crippen LogP contribution >= 0.6 is 0 Å². The van der Waals surface area contributed by atoms with Crippen LogP contribution in [-0.4, -0.2) is 53.0 Å². The summed E-state index contributed by atoms with van der Waals surface area (Å²) >= 11 is 0. The van der Waals surface area contributed by atoms with E-state index in [0.29, 0.717) is 19.6 Å². The van der Waals surface area contributed by atoms with Gasteiger partial charge in [-0.05, 0) is 24.5 Å². The molecule has 2 saturated heterocycles. The quantitative estimate of drug-likeness (QED) is 0.522. The second-order valence-corrected chi connectivity index (χ2v) is 8.77. The molecule has 3 aliphatic rings. The van der Waals surface area contributed by atoms with E-state index in [9.17, 15) is 9.59 Å². The van der Waals surface area contributed by atoms with Gasteiger partial charge in [0.25, 0.3) is 0 Å². The van der Waals surface area contributed by atoms with E-state index in [0.717, 1.165) is 31.2 Å². The molecule has 6 nitrogen and oxygen atoms in total. The smallest absolute Gasteiger partial charge is 0.230 e. The summed E-state index contributed by atoms with van der Waals surface area (Å²) in [6.45, 7) is 3.97. The van der Waals surface area contributed by atoms with E-state index < -0.39 is 17.4 Å². The Hall–Kier alpha value is -2.60. The third kappa shape index (κ3) is 3.05. The molecule has 30 heavy (non-hydrogen) atoms. The number of hydrogen-bond acceptors (Lipinski definition) is 3. The zero-order valence-electron chi connectivity index (χ0n) is 17.4. The highest BCUT2D eigenvalue weighted by atomic mass is 16.5. The van der Waals surface area contributed by atoms with Crippen molar-refractivity contribution in [1.82, 2.24) is 15.2 Å². The molecule has 4 heterocycles. The van der Waals surface area contributed by atoms with Crippen molar-refractivity contribution in [3.8, 4) is 0 Å². The number of hydrogen-bond donors (Lipinski definition) is 2. The standard InChI is InChI=1S/C24H29N3O3/c1-2-3-6-12-25-22(28)20-19-9-11-24(30-19)15-27(23(29)21(20)24)13-10-16-14-26-18-8-5-4-7-17(16)18/h4-5,7-9,11,14,19-21,26H,2-3,6,10,12-13,15H2,1H3,(H,25,28)/t19-,20+,21-,24-/m1/s1. The maximum Gasteiger partial charge on any atom is 0.230 e. The largest absolute Gasteiger partial charge is 0.361 e. The Morgan fingerprint density at radius 1 is 1.33 bits per heavy atom. The van der Waals surface area contributed by atoms with Crippen molar-refractivity contribution in [1.29, 1.82) is 0 Å². The van der Waals surface area contributed by atoms with Crippen molar-refractivity contribution >= 4 is 22.7 Å². The van der Waals surface area contributed by atoms with E-state index in [1.807, 2.05) is 35.4 Å². The molecule has 0 radical (unpaired) electrons. The summed E-state index contributed by atoms with van der Waals surface area (Å²) < 4.78 is 6.21. The van der Waals surface area contributed by atoms with Crippen LogP contribution in [0.3, 0.4) is 0 Å². The van der Waals surface area contributed by atoms with Crippen LogP contribution in [0.15, 0.2) is 42.6 Å². The highest BCUT2D eigenvalue weighted by Crippen LogP contribution is 2.51. The number of para-hydroxylation sites is 1. The zero-order chi connectivity index (χ0) is 20.7. The molecule has 2 N–H and O–H groups in total. The Morgan fingerprint density at radius 2 is 2.20 bits per heavy atom. The number of nitrogens with one attached hydrogen (secondary N) is 2. The number of fused-ring (bicyclic) bond motifs is 2. The molecular weight excluding hydrogens is 378 g/mol. The van der Waals surface area contributed by atoms with Crippen molar-refractivity contribution < 1.29 is 14.3 Å². The predicted octanol–water partition coefficient (Wildman–Crippen LogP) is 2.80. The minimum atomic E-state index is -0.632. The fourth-order valence-corrected chi connectivity index (χ4v) is 5.37. The van der Waals surface area contributed by atoms with Crippen molar-refractivity contribution in [3.63, 3.8) is 0 Å². The number of carbonyl (C=O) groups is 2. The zero-order valence-corrected chi connectivity index (χ0v) is 17.4. The first kappa shape index (κ1) is 19.4. The molecule has 0 aliphatic carbocycles. The predicted molar refractivity (Wildman–Crippen MR) is 115 cm³/mol. The lowest BCUT2D eigenvalue weighted by atomic mass is 9.77. The van der Waals surface area contributed by atoms with Crippen molar-refractivity contribution in [2.75, 3.05) is 19.6 Å². The van der Waals surface area contributed by atoms with E-state index >= 15 is 0 Å². The summed E-state index contributed by atoms with van der Waals surface area (Å²) in [6, 6.07) is 8.21. The van der Waals surface area contributed by atoms with E-state index in [1.165, 1.54) is 10.9 Å². The minimum Gasteiger partial charge on any atom is -0.361 e. The van der Waals surface area contributed by atoms with Gasteiger partial charge in [0, 0.05) is 30.2 Å². The van der Waals surface area contributed by atoms with Gasteiger partial charge < -0.3 is 19.9 Å². The number of aromatic nitrogens is 1. The number of ether oxygens (including phenoxy) is 1. The first-order chi connectivity index (χ1) is 14.6. The van der Waals surface area contributed by atoms with Crippen LogP contribution in [0.2, 0.25) is 0 Å². The number of nitrogens with zero attached hydrogens (tertiary/aromatic N) is 1. The second kappa shape index (κ2) is 7.58. The van der Waals surface area contributed by atoms with Crippen LogP contribution in [-0.2, 0) is 20.7 Å². The lowest BCUT2D eigenvalue weighted by Crippen LogP contribution is -2.44. The summed E-state index contributed by atoms with van der Waals surface area (Å²) in [7, 11) is 0. The van der Waals surface area contributed by atoms with Crippen LogP contribution in [0.1, 0.15) is 31.7 Å². The lowest BCUT2D eigenvalue weighted by molar-refractivity contribution is -0.137. The monoisotopic (exact) mass is 407 g/mol. The van der Waals surface area contributed by atoms with Gasteiger partial charge >= 0.3 is 0 Å². The molecule has 1 spiro atoms. The SMILES string of the molecule is CCCCCNC(=O)[C@H]1[C@H]2C=C[C@]3(CN(CCc4c[nH]c5ccccc45)C(=O)[C@@H]13)O2. The highest BCUT2D eigenvalue weighted by molar-refractivity contribution is 5.93. The third-order valence-electron chi connectivity index (χ3n) is 6.89. The van der Waals surface area contributed by atoms with Crippen molar-refractivity contribution in [2.24, 2.45) is 11.8 Å². The molecule has 2 amide bonds. The first-order valence-corrected chi connectivity index (χ1v) is 11.1. The number of likely N-dealkylation sites (tertiary alicyclic amines) is 1. The number of amides is 2. The molecule has 5 rings (SSSR count). The van der Waals surface area contributed by atoms with Gasteiger partial charge in [0.1, 0.15) is 5.60 Å². The topological polar surface area (TPSA) is 74.4 Å². The highest BCUT2D eigenvalue weighted by Gasteiger charge is 2.66. The molecule has 2 aromatic rings. The number of unbranched alkanes of at least 4 members (excludes halogenated alkanes) is 2. The molecule has 2 fully saturated rings. The average molecular weight is 408 g/mol. The van der Waals surface area contributed by atoms with E-state index in [-0.39, 0.29) is 17.9 Å². The van der Waals surface area contributed by atoms with Crippen molar-refractivity contribution in [3.05, 3.63) is 48.2 Å². The van der Waals surface area contributed by atoms with E-state index in [2.05, 4.69) is 29.4 Å². The average Bonchev–Trinajstić information content (AvgIpc) is 3.49. The molecule has 1 aromatic heterocycles. The Bertz CT molecular complexity index is 996. The number of rotatable bonds is 8. The molecule has 158 valence electrons. The second-order valence-electron chi connectivity index (χ2n) is 8.77. The number of H-pyrrole nitrogens is 1. The first-order valence-electron chi connectivity index (χ1n) is 11.1. The molecule has 0 saturated carbocycles. The summed E-state index contributed by atoms with van der Waals surface area (Å²) in [4.78, 5) is 31.4. The molecule has 4 atom stereocenters. The Kier molecular flexibility index (Phi) is 4.89. The molecule has 1 aromatic carbocycles. The number of carbonyl (C=O) groups excluding carboxylic acids is 2. The van der Waals surface area contributed by atoms with E-state index in [4.69, 9.17) is 4.74 Å². The summed E-state index contributed by atoms with van der Waals surface area (Å²) in [5.41, 5.74) is 1.69. The van der Waals surface area contributed by atoms with Gasteiger partial charge in [-0.15, -0.1) is 0 Å². The van der Waals surface area contributed by atoms with Gasteiger partial charge in [0.15, 0.2) is 0 Å². The normalized spacial score (nSPS) is 29.2. The fourth-order valence-electron chi connectivity index (χ4n) is 5.37. The van der Waals surface area contributed by atoms with Crippen LogP contribution in [0.5, 0.6) is 0 Å². The van der Waals surface area contributed by atoms with Gasteiger partial charge in [-0.2, -0.15) is 0 Å². The summed E-state index contributed by atoms with van der Waals surface area (Å²) in [5.74, 6) is -0.807. The van der Waals surface area contributed by atoms with Gasteiger partial charge in [0.2, 0.25) is 11.8 Å². The van der Waals surface area contributed by atoms with Gasteiger partial charge in [-0.25, -0.2) is 0 Å². The number of aromatic amines is 1. The third-order valence-corrected chi connectivity index (χ3v) is 6.89. The van der Waals surface area contributed by atoms with Crippen LogP contribution in [0, 0.1) is 11.8 Å². The van der Waals surface area contributed by atoms with Crippen LogP contribution in [0.25, 0.3) is 10.9 Å². The van der Waals surface area contributed by atoms with Crippen LogP contribution in [0.4, 0.5) is 0 Å². The maximum atomic E-state index is 13.3. The van der Waals surface area contributed by atoms with Gasteiger partial charge in [-0.3, -0.25) is 9.59 Å². The maximum absolute atomic E-state index is 13.3. The lowest BCUT2D eigenvalue weighted by Gasteiger charge is -2.23. The molecule has 6 heteroatoms. The Balaban J connectivity index is 1.27. The number of benzene rings is 1. The molecule has 2 bridgehead atoms. The van der Waals surface area contributed by atoms with E-state index in [1.54, 1.807) is 0 Å².